The smallest absolute Gasteiger partial charge is 0.410 e. The van der Waals surface area contributed by atoms with Crippen LogP contribution in [0.3, 0.4) is 0 Å². The Kier molecular flexibility index (Phi) is 6.25. The minimum atomic E-state index is -4.59. The molecule has 6 rings (SSSR count). The number of aromatic nitrogens is 2. The van der Waals surface area contributed by atoms with Gasteiger partial charge in [0.05, 0.1) is 11.6 Å². The van der Waals surface area contributed by atoms with Gasteiger partial charge in [-0.2, -0.15) is 23.5 Å². The van der Waals surface area contributed by atoms with Crippen molar-refractivity contribution in [3.05, 3.63) is 51.5 Å². The van der Waals surface area contributed by atoms with E-state index in [-0.39, 0.29) is 30.1 Å². The molecule has 0 saturated heterocycles. The first kappa shape index (κ1) is 26.5. The van der Waals surface area contributed by atoms with Crippen molar-refractivity contribution in [3.8, 4) is 17.6 Å². The van der Waals surface area contributed by atoms with Gasteiger partial charge in [0, 0.05) is 17.4 Å². The number of alkyl halides is 3. The van der Waals surface area contributed by atoms with Crippen LogP contribution in [0.15, 0.2) is 24.3 Å². The Bertz CT molecular complexity index is 1530. The molecular formula is C28H28F3N5O3S. The molecule has 2 N–H and O–H groups in total. The number of ether oxygens (including phenoxy) is 2. The van der Waals surface area contributed by atoms with Gasteiger partial charge in [-0.25, -0.2) is 4.68 Å². The average Bonchev–Trinajstić information content (AvgIpc) is 3.61. The molecule has 1 aliphatic carbocycles. The van der Waals surface area contributed by atoms with Crippen molar-refractivity contribution in [1.29, 1.82) is 5.26 Å². The molecule has 0 spiro atoms. The fourth-order valence-corrected chi connectivity index (χ4v) is 7.00. The number of thiophene rings is 1. The Balaban J connectivity index is 1.27. The summed E-state index contributed by atoms with van der Waals surface area (Å²) in [6.07, 6.45) is -2.37. The summed E-state index contributed by atoms with van der Waals surface area (Å²) < 4.78 is 54.0. The van der Waals surface area contributed by atoms with E-state index in [1.54, 1.807) is 18.2 Å². The van der Waals surface area contributed by atoms with Gasteiger partial charge in [0.2, 0.25) is 6.79 Å². The van der Waals surface area contributed by atoms with Gasteiger partial charge in [0.1, 0.15) is 16.9 Å². The number of halogens is 3. The average molecular weight is 572 g/mol. The van der Waals surface area contributed by atoms with Crippen molar-refractivity contribution < 1.29 is 27.4 Å². The first-order chi connectivity index (χ1) is 18.9. The van der Waals surface area contributed by atoms with E-state index in [2.05, 4.69) is 42.6 Å². The molecule has 2 aromatic heterocycles. The first-order valence-corrected chi connectivity index (χ1v) is 13.9. The largest absolute Gasteiger partial charge is 0.454 e. The van der Waals surface area contributed by atoms with E-state index in [9.17, 15) is 23.2 Å². The lowest BCUT2D eigenvalue weighted by Gasteiger charge is -2.33. The molecule has 0 fully saturated rings. The fourth-order valence-electron chi connectivity index (χ4n) is 5.73. The van der Waals surface area contributed by atoms with Gasteiger partial charge in [-0.05, 0) is 53.9 Å². The van der Waals surface area contributed by atoms with Crippen LogP contribution in [0.4, 0.5) is 24.0 Å². The van der Waals surface area contributed by atoms with E-state index in [0.717, 1.165) is 34.4 Å². The summed E-state index contributed by atoms with van der Waals surface area (Å²) in [4.78, 5) is 14.3. The van der Waals surface area contributed by atoms with E-state index in [1.807, 2.05) is 0 Å². The topological polar surface area (TPSA) is 101 Å². The number of hydrogen-bond acceptors (Lipinski definition) is 7. The zero-order chi connectivity index (χ0) is 28.4. The molecule has 3 aliphatic rings. The number of nitrogens with zero attached hydrogens (tertiary/aromatic N) is 3. The lowest BCUT2D eigenvalue weighted by atomic mass is 9.72. The second-order valence-corrected chi connectivity index (χ2v) is 12.6. The lowest BCUT2D eigenvalue weighted by Crippen LogP contribution is -2.35. The number of rotatable bonds is 3. The number of anilines is 2. The normalized spacial score (nSPS) is 21.7. The van der Waals surface area contributed by atoms with Crippen molar-refractivity contribution >= 4 is 28.1 Å². The van der Waals surface area contributed by atoms with Crippen LogP contribution in [0.5, 0.6) is 11.5 Å². The molecule has 3 aromatic rings. The quantitative estimate of drug-likeness (QED) is 0.367. The minimum Gasteiger partial charge on any atom is -0.454 e. The molecule has 3 atom stereocenters. The van der Waals surface area contributed by atoms with Gasteiger partial charge in [0.25, 0.3) is 5.91 Å². The third-order valence-electron chi connectivity index (χ3n) is 8.05. The summed E-state index contributed by atoms with van der Waals surface area (Å²) in [7, 11) is 0. The molecular weight excluding hydrogens is 543 g/mol. The predicted octanol–water partition coefficient (Wildman–Crippen LogP) is 6.61. The van der Waals surface area contributed by atoms with E-state index in [0.29, 0.717) is 33.5 Å². The van der Waals surface area contributed by atoms with E-state index in [4.69, 9.17) is 9.47 Å². The molecule has 12 heteroatoms. The maximum absolute atomic E-state index is 14.2. The zero-order valence-corrected chi connectivity index (χ0v) is 23.0. The number of carbonyl (C=O) groups excluding carboxylic acids is 1. The standard InChI is InChI=1S/C28H28F3N5O3S/c1-27(2,3)15-5-6-16-17(12-32)26(40-22(16)9-15)34-25(37)19-11-24-33-18(10-23(28(29,30)31)36(24)35-19)14-4-7-20-21(8-14)39-13-38-20/h4,7-8,11,15,18,23,33H,5-6,9-10,13H2,1-3H3,(H,34,37)/t15-,18-,23+/m1/s1. The first-order valence-electron chi connectivity index (χ1n) is 13.1. The number of benzene rings is 1. The number of nitrogens with one attached hydrogen (secondary N) is 2. The number of amides is 1. The highest BCUT2D eigenvalue weighted by Crippen LogP contribution is 2.46. The number of hydrogen-bond donors (Lipinski definition) is 2. The Morgan fingerprint density at radius 2 is 2.00 bits per heavy atom. The summed E-state index contributed by atoms with van der Waals surface area (Å²) in [6.45, 7) is 6.66. The Labute approximate surface area is 233 Å². The van der Waals surface area contributed by atoms with Gasteiger partial charge in [-0.3, -0.25) is 4.79 Å². The fraction of sp³-hybridized carbons (Fsp3) is 0.464. The molecule has 40 heavy (non-hydrogen) atoms. The molecule has 0 saturated carbocycles. The van der Waals surface area contributed by atoms with Crippen molar-refractivity contribution in [1.82, 2.24) is 9.78 Å². The molecule has 1 amide bonds. The number of fused-ring (bicyclic) bond motifs is 3. The molecule has 1 aromatic carbocycles. The lowest BCUT2D eigenvalue weighted by molar-refractivity contribution is -0.173. The third-order valence-corrected chi connectivity index (χ3v) is 9.22. The highest BCUT2D eigenvalue weighted by Gasteiger charge is 2.47. The van der Waals surface area contributed by atoms with Crippen LogP contribution in [0, 0.1) is 22.7 Å². The molecule has 0 unspecified atom stereocenters. The summed E-state index contributed by atoms with van der Waals surface area (Å²) >= 11 is 1.37. The van der Waals surface area contributed by atoms with Gasteiger partial charge in [-0.15, -0.1) is 11.3 Å². The number of carbonyl (C=O) groups is 1. The van der Waals surface area contributed by atoms with E-state index >= 15 is 0 Å². The van der Waals surface area contributed by atoms with Crippen LogP contribution in [0.25, 0.3) is 0 Å². The third kappa shape index (κ3) is 4.66. The second kappa shape index (κ2) is 9.44. The van der Waals surface area contributed by atoms with Crippen LogP contribution in [0.1, 0.15) is 77.8 Å². The Morgan fingerprint density at radius 3 is 2.73 bits per heavy atom. The van der Waals surface area contributed by atoms with Crippen LogP contribution >= 0.6 is 11.3 Å². The zero-order valence-electron chi connectivity index (χ0n) is 22.2. The second-order valence-electron chi connectivity index (χ2n) is 11.5. The van der Waals surface area contributed by atoms with Crippen molar-refractivity contribution in [2.75, 3.05) is 17.4 Å². The highest BCUT2D eigenvalue weighted by molar-refractivity contribution is 7.16. The summed E-state index contributed by atoms with van der Waals surface area (Å²) in [5.41, 5.74) is 1.95. The van der Waals surface area contributed by atoms with Gasteiger partial charge in [-0.1, -0.05) is 26.8 Å². The van der Waals surface area contributed by atoms with Crippen LogP contribution < -0.4 is 20.1 Å². The van der Waals surface area contributed by atoms with Gasteiger partial charge < -0.3 is 20.1 Å². The number of nitriles is 1. The maximum Gasteiger partial charge on any atom is 0.410 e. The minimum absolute atomic E-state index is 0.0607. The summed E-state index contributed by atoms with van der Waals surface area (Å²) in [5, 5.41) is 20.2. The Morgan fingerprint density at radius 1 is 1.23 bits per heavy atom. The van der Waals surface area contributed by atoms with Crippen LogP contribution in [0.2, 0.25) is 0 Å². The summed E-state index contributed by atoms with van der Waals surface area (Å²) in [6, 6.07) is 5.96. The molecule has 2 aliphatic heterocycles. The van der Waals surface area contributed by atoms with Crippen LogP contribution in [-0.4, -0.2) is 28.7 Å². The van der Waals surface area contributed by atoms with Crippen molar-refractivity contribution in [3.63, 3.8) is 0 Å². The SMILES string of the molecule is CC(C)(C)[C@@H]1CCc2c(sc(NC(=O)c3cc4n(n3)[C@H](C(F)(F)F)C[C@H](c3ccc5c(c3)OCO5)N4)c2C#N)C1. The predicted molar refractivity (Wildman–Crippen MR) is 143 cm³/mol. The van der Waals surface area contributed by atoms with E-state index < -0.39 is 24.2 Å². The van der Waals surface area contributed by atoms with Gasteiger partial charge in [0.15, 0.2) is 23.2 Å². The molecule has 8 nitrogen and oxygen atoms in total. The molecule has 4 heterocycles. The molecule has 0 bridgehead atoms. The van der Waals surface area contributed by atoms with Crippen molar-refractivity contribution in [2.24, 2.45) is 11.3 Å². The Hall–Kier alpha value is -3.72. The van der Waals surface area contributed by atoms with Gasteiger partial charge >= 0.3 is 6.18 Å². The monoisotopic (exact) mass is 571 g/mol. The van der Waals surface area contributed by atoms with Crippen molar-refractivity contribution in [2.45, 2.75) is 64.7 Å². The maximum atomic E-state index is 14.2. The summed E-state index contributed by atoms with van der Waals surface area (Å²) in [5.74, 6) is 0.892. The molecule has 0 radical (unpaired) electrons. The highest BCUT2D eigenvalue weighted by atomic mass is 32.1. The van der Waals surface area contributed by atoms with E-state index in [1.165, 1.54) is 17.4 Å². The molecule has 210 valence electrons. The van der Waals surface area contributed by atoms with Crippen LogP contribution in [-0.2, 0) is 12.8 Å².